The van der Waals surface area contributed by atoms with Crippen LogP contribution in [0.5, 0.6) is 0 Å². The predicted octanol–water partition coefficient (Wildman–Crippen LogP) is -5.98. The van der Waals surface area contributed by atoms with Crippen molar-refractivity contribution in [3.8, 4) is 0 Å². The van der Waals surface area contributed by atoms with Crippen LogP contribution in [0.2, 0.25) is 0 Å². The molecule has 0 spiro atoms. The number of hydrogen-bond acceptors (Lipinski definition) is 5. The summed E-state index contributed by atoms with van der Waals surface area (Å²) in [4.78, 5) is 34.2. The summed E-state index contributed by atoms with van der Waals surface area (Å²) in [5.41, 5.74) is 0. The molecular weight excluding hydrogens is 218 g/mol. The molecule has 0 rings (SSSR count). The second-order valence-electron chi connectivity index (χ2n) is 0.730. The number of carbonyl (C=O) groups is 1. The van der Waals surface area contributed by atoms with Crippen molar-refractivity contribution in [3.05, 3.63) is 0 Å². The molecule has 0 aromatic heterocycles. The Kier molecular flexibility index (Phi) is 24.6. The van der Waals surface area contributed by atoms with E-state index in [4.69, 9.17) is 34.3 Å². The Balaban J connectivity index is -0.0000000383. The molecule has 0 atom stereocenters. The van der Waals surface area contributed by atoms with Gasteiger partial charge in [-0.15, -0.1) is 0 Å². The van der Waals surface area contributed by atoms with E-state index in [1.807, 2.05) is 0 Å². The second kappa shape index (κ2) is 11.8. The van der Waals surface area contributed by atoms with Crippen molar-refractivity contribution in [1.29, 1.82) is 0 Å². The van der Waals surface area contributed by atoms with Crippen LogP contribution in [0.3, 0.4) is 0 Å². The molecular formula is CH2KMgO7P. The van der Waals surface area contributed by atoms with Crippen LogP contribution >= 0.6 is 7.82 Å². The van der Waals surface area contributed by atoms with Gasteiger partial charge in [0.15, 0.2) is 0 Å². The molecule has 0 aliphatic carbocycles. The van der Waals surface area contributed by atoms with Crippen molar-refractivity contribution in [2.45, 2.75) is 0 Å². The van der Waals surface area contributed by atoms with Gasteiger partial charge in [0.2, 0.25) is 0 Å². The van der Waals surface area contributed by atoms with E-state index in [0.29, 0.717) is 0 Å². The van der Waals surface area contributed by atoms with Gasteiger partial charge in [-0.25, -0.2) is 4.79 Å². The molecule has 56 valence electrons. The summed E-state index contributed by atoms with van der Waals surface area (Å²) in [5, 5.41) is 13.9. The largest absolute Gasteiger partial charge is 2.00 e. The molecule has 11 heavy (non-hydrogen) atoms. The van der Waals surface area contributed by atoms with Crippen molar-refractivity contribution in [2.75, 3.05) is 0 Å². The Bertz CT molecular complexity index is 118. The zero-order valence-electron chi connectivity index (χ0n) is 5.59. The van der Waals surface area contributed by atoms with Crippen molar-refractivity contribution < 1.29 is 85.6 Å². The van der Waals surface area contributed by atoms with Crippen molar-refractivity contribution >= 4 is 37.0 Å². The van der Waals surface area contributed by atoms with Gasteiger partial charge in [0.05, 0.1) is 0 Å². The first-order chi connectivity index (χ1) is 3.73. The van der Waals surface area contributed by atoms with Crippen molar-refractivity contribution in [3.63, 3.8) is 0 Å². The number of rotatable bonds is 0. The van der Waals surface area contributed by atoms with Crippen LogP contribution in [0.25, 0.3) is 0 Å². The third-order valence-corrected chi connectivity index (χ3v) is 0. The smallest absolute Gasteiger partial charge is 0.822 e. The summed E-state index contributed by atoms with van der Waals surface area (Å²) in [5.74, 6) is 0. The quantitative estimate of drug-likeness (QED) is 0.305. The van der Waals surface area contributed by atoms with Gasteiger partial charge in [-0.3, -0.25) is 0 Å². The van der Waals surface area contributed by atoms with Crippen molar-refractivity contribution in [2.24, 2.45) is 0 Å². The Morgan fingerprint density at radius 1 is 1.18 bits per heavy atom. The predicted molar refractivity (Wildman–Crippen MR) is 24.0 cm³/mol. The third kappa shape index (κ3) is 355. The summed E-state index contributed by atoms with van der Waals surface area (Å²) in [6.07, 6.45) is -1.83. The van der Waals surface area contributed by atoms with Gasteiger partial charge >= 0.3 is 80.6 Å². The molecule has 0 heterocycles. The van der Waals surface area contributed by atoms with Crippen LogP contribution in [0, 0.1) is 0 Å². The molecule has 0 saturated carbocycles. The van der Waals surface area contributed by atoms with Crippen LogP contribution in [0.4, 0.5) is 4.79 Å². The Morgan fingerprint density at radius 2 is 1.18 bits per heavy atom. The molecule has 0 bridgehead atoms. The molecule has 2 N–H and O–H groups in total. The molecule has 0 aliphatic rings. The number of carboxylic acid groups (broad SMARTS) is 2. The van der Waals surface area contributed by atoms with Crippen LogP contribution in [-0.2, 0) is 4.57 Å². The molecule has 0 fully saturated rings. The van der Waals surface area contributed by atoms with Gasteiger partial charge < -0.3 is 29.5 Å². The Labute approximate surface area is 121 Å². The maximum absolute atomic E-state index is 8.56. The summed E-state index contributed by atoms with van der Waals surface area (Å²) in [7, 11) is -5.39. The normalized spacial score (nSPS) is 7.55. The number of hydrogen-bond donors (Lipinski definition) is 2. The Hall–Kier alpha value is 1.78. The monoisotopic (exact) mass is 220 g/mol. The van der Waals surface area contributed by atoms with E-state index in [-0.39, 0.29) is 74.4 Å². The minimum atomic E-state index is -5.39. The zero-order chi connectivity index (χ0) is 8.08. The fourth-order valence-electron chi connectivity index (χ4n) is 0. The van der Waals surface area contributed by atoms with Crippen LogP contribution in [0.1, 0.15) is 0 Å². The molecule has 10 heteroatoms. The maximum Gasteiger partial charge on any atom is 2.00 e. The summed E-state index contributed by atoms with van der Waals surface area (Å²) < 4.78 is 8.55. The van der Waals surface area contributed by atoms with Gasteiger partial charge in [-0.1, -0.05) is 0 Å². The van der Waals surface area contributed by atoms with Crippen LogP contribution in [-0.4, -0.2) is 39.4 Å². The minimum absolute atomic E-state index is 0. The van der Waals surface area contributed by atoms with Crippen LogP contribution in [0.15, 0.2) is 0 Å². The fraction of sp³-hybridized carbons (Fsp3) is 0. The topological polar surface area (TPSA) is 144 Å². The van der Waals surface area contributed by atoms with E-state index in [1.54, 1.807) is 0 Å². The van der Waals surface area contributed by atoms with Gasteiger partial charge in [0.1, 0.15) is 0 Å². The first-order valence-electron chi connectivity index (χ1n) is 1.38. The van der Waals surface area contributed by atoms with E-state index in [1.165, 1.54) is 0 Å². The van der Waals surface area contributed by atoms with Gasteiger partial charge in [-0.2, -0.15) is 7.82 Å². The van der Waals surface area contributed by atoms with E-state index < -0.39 is 14.0 Å². The minimum Gasteiger partial charge on any atom is -0.822 e. The average molecular weight is 220 g/mol. The maximum atomic E-state index is 8.56. The van der Waals surface area contributed by atoms with E-state index in [9.17, 15) is 0 Å². The number of phosphoric acid groups is 1. The summed E-state index contributed by atoms with van der Waals surface area (Å²) in [6.45, 7) is 0. The second-order valence-corrected chi connectivity index (χ2v) is 1.62. The third-order valence-electron chi connectivity index (χ3n) is 0. The standard InChI is InChI=1S/CH2O3.K.Mg.H3O4P/c2-1(3)4;;;1-5(2,3)4/h(H2,2,3,4);;;(H3,1,2,3,4)/q;+1;+2;/p-3. The molecule has 0 radical (unpaired) electrons. The summed E-state index contributed by atoms with van der Waals surface area (Å²) in [6, 6.07) is 0. The molecule has 0 aromatic rings. The molecule has 0 aromatic carbocycles. The molecule has 0 unspecified atom stereocenters. The average Bonchev–Trinajstić information content (AvgIpc) is 1.19. The molecule has 7 nitrogen and oxygen atoms in total. The molecule has 0 saturated heterocycles. The first kappa shape index (κ1) is 23.0. The SMILES string of the molecule is O=C(O)O.O=P([O-])([O-])[O-].[K+].[Mg+2]. The first-order valence-corrected chi connectivity index (χ1v) is 2.84. The van der Waals surface area contributed by atoms with Crippen molar-refractivity contribution in [1.82, 2.24) is 0 Å². The molecule has 0 amide bonds. The van der Waals surface area contributed by atoms with Gasteiger partial charge in [0.25, 0.3) is 0 Å². The van der Waals surface area contributed by atoms with E-state index in [2.05, 4.69) is 0 Å². The van der Waals surface area contributed by atoms with E-state index in [0.717, 1.165) is 0 Å². The van der Waals surface area contributed by atoms with Gasteiger partial charge in [-0.05, 0) is 0 Å². The summed E-state index contributed by atoms with van der Waals surface area (Å²) >= 11 is 0. The van der Waals surface area contributed by atoms with Gasteiger partial charge in [0, 0.05) is 0 Å². The van der Waals surface area contributed by atoms with E-state index >= 15 is 0 Å². The molecule has 0 aliphatic heterocycles. The zero-order valence-corrected chi connectivity index (χ0v) is 11.0. The Morgan fingerprint density at radius 3 is 1.18 bits per heavy atom. The van der Waals surface area contributed by atoms with Crippen LogP contribution < -0.4 is 66.1 Å². The fourth-order valence-corrected chi connectivity index (χ4v) is 0.